The molecule has 2 amide bonds. The number of carbonyl (C=O) groups is 2. The second-order valence-corrected chi connectivity index (χ2v) is 5.24. The van der Waals surface area contributed by atoms with E-state index in [1.807, 2.05) is 0 Å². The number of halogens is 1. The Kier molecular flexibility index (Phi) is 4.25. The second kappa shape index (κ2) is 6.52. The number of fused-ring (bicyclic) bond motifs is 1. The SMILES string of the molecule is Cn1nc(C(=O)NNC(=O)c2ccc(F)cc2)c2ccccc2c1=O. The molecule has 0 fully saturated rings. The molecule has 7 nitrogen and oxygen atoms in total. The number of aromatic nitrogens is 2. The van der Waals surface area contributed by atoms with E-state index in [0.29, 0.717) is 10.8 Å². The third kappa shape index (κ3) is 3.23. The highest BCUT2D eigenvalue weighted by Crippen LogP contribution is 2.12. The van der Waals surface area contributed by atoms with Crippen LogP contribution in [0.25, 0.3) is 10.8 Å². The summed E-state index contributed by atoms with van der Waals surface area (Å²) < 4.78 is 13.9. The maximum atomic E-state index is 12.9. The topological polar surface area (TPSA) is 93.1 Å². The number of benzene rings is 2. The predicted octanol–water partition coefficient (Wildman–Crippen LogP) is 1.15. The third-order valence-corrected chi connectivity index (χ3v) is 3.57. The average Bonchev–Trinajstić information content (AvgIpc) is 2.63. The van der Waals surface area contributed by atoms with Crippen LogP contribution >= 0.6 is 0 Å². The van der Waals surface area contributed by atoms with Gasteiger partial charge < -0.3 is 0 Å². The Bertz CT molecular complexity index is 1030. The Hall–Kier alpha value is -3.55. The Morgan fingerprint density at radius 1 is 0.960 bits per heavy atom. The van der Waals surface area contributed by atoms with Gasteiger partial charge >= 0.3 is 0 Å². The number of rotatable bonds is 2. The molecule has 8 heteroatoms. The number of carbonyl (C=O) groups excluding carboxylic acids is 2. The zero-order valence-corrected chi connectivity index (χ0v) is 13.1. The molecule has 3 aromatic rings. The molecule has 0 bridgehead atoms. The zero-order valence-electron chi connectivity index (χ0n) is 13.1. The van der Waals surface area contributed by atoms with Gasteiger partial charge in [0, 0.05) is 18.0 Å². The summed E-state index contributed by atoms with van der Waals surface area (Å²) in [6, 6.07) is 11.4. The summed E-state index contributed by atoms with van der Waals surface area (Å²) in [4.78, 5) is 36.4. The van der Waals surface area contributed by atoms with E-state index in [4.69, 9.17) is 0 Å². The van der Waals surface area contributed by atoms with E-state index in [1.165, 1.54) is 19.2 Å². The lowest BCUT2D eigenvalue weighted by molar-refractivity contribution is 0.0844. The minimum Gasteiger partial charge on any atom is -0.267 e. The van der Waals surface area contributed by atoms with Crippen molar-refractivity contribution in [3.8, 4) is 0 Å². The monoisotopic (exact) mass is 340 g/mol. The minimum atomic E-state index is -0.678. The van der Waals surface area contributed by atoms with Crippen molar-refractivity contribution in [3.05, 3.63) is 76.0 Å². The van der Waals surface area contributed by atoms with Crippen molar-refractivity contribution in [3.63, 3.8) is 0 Å². The van der Waals surface area contributed by atoms with E-state index >= 15 is 0 Å². The van der Waals surface area contributed by atoms with Crippen LogP contribution in [0.3, 0.4) is 0 Å². The van der Waals surface area contributed by atoms with Gasteiger partial charge in [-0.1, -0.05) is 18.2 Å². The van der Waals surface area contributed by atoms with Gasteiger partial charge in [-0.2, -0.15) is 5.10 Å². The maximum absolute atomic E-state index is 12.9. The molecule has 0 atom stereocenters. The van der Waals surface area contributed by atoms with Gasteiger partial charge in [-0.25, -0.2) is 9.07 Å². The second-order valence-electron chi connectivity index (χ2n) is 5.24. The molecule has 0 unspecified atom stereocenters. The van der Waals surface area contributed by atoms with Crippen molar-refractivity contribution < 1.29 is 14.0 Å². The van der Waals surface area contributed by atoms with Crippen molar-refractivity contribution in [1.29, 1.82) is 0 Å². The van der Waals surface area contributed by atoms with Crippen LogP contribution in [0, 0.1) is 5.82 Å². The van der Waals surface area contributed by atoms with Gasteiger partial charge in [-0.3, -0.25) is 25.2 Å². The number of nitrogens with one attached hydrogen (secondary N) is 2. The first-order chi connectivity index (χ1) is 12.0. The fraction of sp³-hybridized carbons (Fsp3) is 0.0588. The molecular weight excluding hydrogens is 327 g/mol. The van der Waals surface area contributed by atoms with Gasteiger partial charge in [0.2, 0.25) is 0 Å². The number of hydrogen-bond acceptors (Lipinski definition) is 4. The van der Waals surface area contributed by atoms with E-state index in [-0.39, 0.29) is 16.8 Å². The van der Waals surface area contributed by atoms with Crippen LogP contribution < -0.4 is 16.4 Å². The van der Waals surface area contributed by atoms with E-state index in [0.717, 1.165) is 16.8 Å². The molecular formula is C17H13FN4O3. The number of amides is 2. The molecule has 126 valence electrons. The summed E-state index contributed by atoms with van der Waals surface area (Å²) in [7, 11) is 1.43. The van der Waals surface area contributed by atoms with Gasteiger partial charge in [0.1, 0.15) is 5.82 Å². The van der Waals surface area contributed by atoms with E-state index in [9.17, 15) is 18.8 Å². The third-order valence-electron chi connectivity index (χ3n) is 3.57. The van der Waals surface area contributed by atoms with Gasteiger partial charge in [-0.15, -0.1) is 0 Å². The van der Waals surface area contributed by atoms with Crippen molar-refractivity contribution in [2.24, 2.45) is 7.05 Å². The molecule has 0 aliphatic rings. The molecule has 25 heavy (non-hydrogen) atoms. The molecule has 2 N–H and O–H groups in total. The molecule has 0 saturated carbocycles. The number of aryl methyl sites for hydroxylation is 1. The first kappa shape index (κ1) is 16.3. The van der Waals surface area contributed by atoms with Gasteiger partial charge in [0.15, 0.2) is 5.69 Å². The van der Waals surface area contributed by atoms with Crippen LogP contribution in [0.4, 0.5) is 4.39 Å². The molecule has 1 aromatic heterocycles. The van der Waals surface area contributed by atoms with Gasteiger partial charge in [0.25, 0.3) is 17.4 Å². The van der Waals surface area contributed by atoms with E-state index in [1.54, 1.807) is 24.3 Å². The Morgan fingerprint density at radius 2 is 1.56 bits per heavy atom. The quantitative estimate of drug-likeness (QED) is 0.685. The standard InChI is InChI=1S/C17H13FN4O3/c1-22-17(25)13-5-3-2-4-12(13)14(21-22)16(24)20-19-15(23)10-6-8-11(18)9-7-10/h2-9H,1H3,(H,19,23)(H,20,24). The van der Waals surface area contributed by atoms with Gasteiger partial charge in [0.05, 0.1) is 5.39 Å². The summed E-state index contributed by atoms with van der Waals surface area (Å²) in [6.07, 6.45) is 0. The fourth-order valence-electron chi connectivity index (χ4n) is 2.31. The van der Waals surface area contributed by atoms with E-state index in [2.05, 4.69) is 16.0 Å². The molecule has 0 spiro atoms. The van der Waals surface area contributed by atoms with Crippen LogP contribution in [0.1, 0.15) is 20.8 Å². The highest BCUT2D eigenvalue weighted by molar-refractivity contribution is 6.06. The first-order valence-electron chi connectivity index (χ1n) is 7.29. The molecule has 0 saturated heterocycles. The lowest BCUT2D eigenvalue weighted by atomic mass is 10.1. The summed E-state index contributed by atoms with van der Waals surface area (Å²) in [6.45, 7) is 0. The van der Waals surface area contributed by atoms with Crippen LogP contribution in [-0.4, -0.2) is 21.6 Å². The highest BCUT2D eigenvalue weighted by atomic mass is 19.1. The number of hydrogen-bond donors (Lipinski definition) is 2. The normalized spacial score (nSPS) is 10.5. The Morgan fingerprint density at radius 3 is 2.24 bits per heavy atom. The molecule has 0 radical (unpaired) electrons. The van der Waals surface area contributed by atoms with Crippen molar-refractivity contribution in [2.75, 3.05) is 0 Å². The first-order valence-corrected chi connectivity index (χ1v) is 7.29. The zero-order chi connectivity index (χ0) is 18.0. The highest BCUT2D eigenvalue weighted by Gasteiger charge is 2.16. The van der Waals surface area contributed by atoms with Crippen molar-refractivity contribution in [1.82, 2.24) is 20.6 Å². The fourth-order valence-corrected chi connectivity index (χ4v) is 2.31. The predicted molar refractivity (Wildman–Crippen MR) is 88.3 cm³/mol. The lowest BCUT2D eigenvalue weighted by Crippen LogP contribution is -2.42. The maximum Gasteiger partial charge on any atom is 0.290 e. The Balaban J connectivity index is 1.83. The smallest absolute Gasteiger partial charge is 0.267 e. The largest absolute Gasteiger partial charge is 0.290 e. The van der Waals surface area contributed by atoms with E-state index < -0.39 is 17.6 Å². The van der Waals surface area contributed by atoms with Crippen LogP contribution in [0.2, 0.25) is 0 Å². The summed E-state index contributed by atoms with van der Waals surface area (Å²) in [5.74, 6) is -1.76. The molecule has 3 rings (SSSR count). The van der Waals surface area contributed by atoms with Gasteiger partial charge in [-0.05, 0) is 30.3 Å². The lowest BCUT2D eigenvalue weighted by Gasteiger charge is -2.10. The molecule has 0 aliphatic heterocycles. The van der Waals surface area contributed by atoms with Crippen LogP contribution in [0.5, 0.6) is 0 Å². The Labute approximate surface area is 141 Å². The molecule has 1 heterocycles. The minimum absolute atomic E-state index is 0.00268. The number of nitrogens with zero attached hydrogens (tertiary/aromatic N) is 2. The average molecular weight is 340 g/mol. The summed E-state index contributed by atoms with van der Waals surface area (Å²) in [5.41, 5.74) is 4.31. The van der Waals surface area contributed by atoms with Crippen LogP contribution in [0.15, 0.2) is 53.3 Å². The van der Waals surface area contributed by atoms with Crippen molar-refractivity contribution >= 4 is 22.6 Å². The summed E-state index contributed by atoms with van der Waals surface area (Å²) in [5, 5.41) is 4.67. The van der Waals surface area contributed by atoms with Crippen LogP contribution in [-0.2, 0) is 7.05 Å². The summed E-state index contributed by atoms with van der Waals surface area (Å²) >= 11 is 0. The number of hydrazine groups is 1. The molecule has 2 aromatic carbocycles. The van der Waals surface area contributed by atoms with Crippen molar-refractivity contribution in [2.45, 2.75) is 0 Å². The molecule has 0 aliphatic carbocycles.